The molecule has 0 spiro atoms. The van der Waals surface area contributed by atoms with Crippen LogP contribution in [0.5, 0.6) is 11.5 Å². The molecule has 1 saturated heterocycles. The molecule has 4 rings (SSSR count). The molecule has 1 heterocycles. The van der Waals surface area contributed by atoms with E-state index in [0.29, 0.717) is 30.4 Å². The van der Waals surface area contributed by atoms with Gasteiger partial charge in [-0.25, -0.2) is 4.79 Å². The van der Waals surface area contributed by atoms with Crippen LogP contribution in [-0.2, 0) is 22.5 Å². The number of amides is 1. The third kappa shape index (κ3) is 8.12. The van der Waals surface area contributed by atoms with E-state index in [0.717, 1.165) is 42.7 Å². The van der Waals surface area contributed by atoms with E-state index in [1.54, 1.807) is 20.1 Å². The summed E-state index contributed by atoms with van der Waals surface area (Å²) in [5.41, 5.74) is 2.01. The molecule has 238 valence electrons. The van der Waals surface area contributed by atoms with Gasteiger partial charge in [-0.05, 0) is 87.4 Å². The van der Waals surface area contributed by atoms with Crippen LogP contribution in [0.2, 0.25) is 0 Å². The third-order valence-corrected chi connectivity index (χ3v) is 8.80. The third-order valence-electron chi connectivity index (χ3n) is 8.80. The number of hydrogen-bond donors (Lipinski definition) is 1. The van der Waals surface area contributed by atoms with Crippen molar-refractivity contribution in [1.82, 2.24) is 10.2 Å². The number of piperidine rings is 1. The van der Waals surface area contributed by atoms with E-state index < -0.39 is 5.97 Å². The Morgan fingerprint density at radius 2 is 1.80 bits per heavy atom. The van der Waals surface area contributed by atoms with E-state index in [1.165, 1.54) is 12.8 Å². The normalized spacial score (nSPS) is 20.3. The van der Waals surface area contributed by atoms with E-state index in [-0.39, 0.29) is 36.4 Å². The molecule has 1 aliphatic heterocycles. The first-order chi connectivity index (χ1) is 21.3. The van der Waals surface area contributed by atoms with Gasteiger partial charge in [0.2, 0.25) is 5.91 Å². The van der Waals surface area contributed by atoms with Gasteiger partial charge in [-0.1, -0.05) is 62.8 Å². The maximum Gasteiger partial charge on any atom is 0.341 e. The minimum absolute atomic E-state index is 0.0286. The highest BCUT2D eigenvalue weighted by Gasteiger charge is 2.47. The van der Waals surface area contributed by atoms with E-state index in [9.17, 15) is 9.59 Å². The summed E-state index contributed by atoms with van der Waals surface area (Å²) in [5, 5.41) is 3.85. The van der Waals surface area contributed by atoms with Crippen molar-refractivity contribution >= 4 is 11.9 Å². The fourth-order valence-corrected chi connectivity index (χ4v) is 6.69. The molecule has 44 heavy (non-hydrogen) atoms. The predicted molar refractivity (Wildman–Crippen MR) is 175 cm³/mol. The molecule has 3 atom stereocenters. The summed E-state index contributed by atoms with van der Waals surface area (Å²) in [6, 6.07) is 13.6. The Morgan fingerprint density at radius 3 is 2.41 bits per heavy atom. The summed E-state index contributed by atoms with van der Waals surface area (Å²) in [6.45, 7) is 10.3. The van der Waals surface area contributed by atoms with Crippen LogP contribution in [0, 0.1) is 11.3 Å². The molecular formula is C37H50N2O5. The van der Waals surface area contributed by atoms with Gasteiger partial charge in [0, 0.05) is 24.0 Å². The predicted octanol–water partition coefficient (Wildman–Crippen LogP) is 6.90. The van der Waals surface area contributed by atoms with Gasteiger partial charge < -0.3 is 24.4 Å². The number of methoxy groups -OCH3 is 1. The zero-order valence-corrected chi connectivity index (χ0v) is 27.1. The van der Waals surface area contributed by atoms with Crippen molar-refractivity contribution < 1.29 is 23.8 Å². The van der Waals surface area contributed by atoms with Gasteiger partial charge in [-0.15, -0.1) is 0 Å². The van der Waals surface area contributed by atoms with Crippen LogP contribution < -0.4 is 14.8 Å². The number of hydrogen-bond acceptors (Lipinski definition) is 6. The van der Waals surface area contributed by atoms with Crippen LogP contribution in [0.4, 0.5) is 0 Å². The Labute approximate surface area is 263 Å². The largest absolute Gasteiger partial charge is 0.497 e. The highest BCUT2D eigenvalue weighted by atomic mass is 16.5. The molecule has 1 N–H and O–H groups in total. The quantitative estimate of drug-likeness (QED) is 0.237. The standard InChI is InChI=1S/C37H50N2O5/c1-6-43-32-24-29(16-19-31(32)36(41)44-7-2)25-35(40)39(26-28-14-17-30(42-5)18-15-28)34(23-27(3)4)37(20-10-8-11-21-37)33-13-9-12-22-38-33/h8,10-11,14-20,24,27,33-34,38H,6-7,9,12-13,21-23,25-26H2,1-5H3/t33?,34-,37?/m0/s1. The summed E-state index contributed by atoms with van der Waals surface area (Å²) < 4.78 is 16.5. The van der Waals surface area contributed by atoms with Crippen LogP contribution in [0.1, 0.15) is 81.3 Å². The SMILES string of the molecule is CCOC(=O)c1ccc(CC(=O)N(Cc2ccc(OC)cc2)[C@@H](CC(C)C)C2(C3CCCCN3)C=CC=CC2)cc1OCC. The van der Waals surface area contributed by atoms with Crippen LogP contribution in [0.3, 0.4) is 0 Å². The molecule has 7 heteroatoms. The van der Waals surface area contributed by atoms with Crippen LogP contribution >= 0.6 is 0 Å². The Morgan fingerprint density at radius 1 is 1.02 bits per heavy atom. The molecule has 1 aliphatic carbocycles. The molecule has 0 bridgehead atoms. The van der Waals surface area contributed by atoms with Gasteiger partial charge >= 0.3 is 5.97 Å². The van der Waals surface area contributed by atoms with Crippen molar-refractivity contribution in [2.45, 2.75) is 84.8 Å². The molecule has 1 amide bonds. The van der Waals surface area contributed by atoms with Gasteiger partial charge in [0.15, 0.2) is 0 Å². The average Bonchev–Trinajstić information content (AvgIpc) is 3.04. The minimum Gasteiger partial charge on any atom is -0.497 e. The number of benzene rings is 2. The molecule has 0 radical (unpaired) electrons. The summed E-state index contributed by atoms with van der Waals surface area (Å²) in [5.74, 6) is 1.25. The fourth-order valence-electron chi connectivity index (χ4n) is 6.69. The second kappa shape index (κ2) is 15.9. The van der Waals surface area contributed by atoms with E-state index >= 15 is 0 Å². The van der Waals surface area contributed by atoms with Crippen molar-refractivity contribution in [3.63, 3.8) is 0 Å². The lowest BCUT2D eigenvalue weighted by Crippen LogP contribution is -2.59. The van der Waals surface area contributed by atoms with Gasteiger partial charge in [-0.2, -0.15) is 0 Å². The number of carbonyl (C=O) groups is 2. The van der Waals surface area contributed by atoms with Gasteiger partial charge in [0.25, 0.3) is 0 Å². The molecule has 0 saturated carbocycles. The number of carbonyl (C=O) groups excluding carboxylic acids is 2. The lowest BCUT2D eigenvalue weighted by atomic mass is 9.65. The fraction of sp³-hybridized carbons (Fsp3) is 0.514. The molecule has 7 nitrogen and oxygen atoms in total. The first-order valence-electron chi connectivity index (χ1n) is 16.2. The lowest BCUT2D eigenvalue weighted by Gasteiger charge is -2.51. The number of nitrogens with zero attached hydrogens (tertiary/aromatic N) is 1. The molecule has 2 unspecified atom stereocenters. The zero-order valence-electron chi connectivity index (χ0n) is 27.1. The second-order valence-electron chi connectivity index (χ2n) is 12.3. The highest BCUT2D eigenvalue weighted by Crippen LogP contribution is 2.44. The van der Waals surface area contributed by atoms with Gasteiger partial charge in [-0.3, -0.25) is 4.79 Å². The Balaban J connectivity index is 1.75. The highest BCUT2D eigenvalue weighted by molar-refractivity contribution is 5.93. The Bertz CT molecular complexity index is 1300. The summed E-state index contributed by atoms with van der Waals surface area (Å²) in [7, 11) is 1.66. The second-order valence-corrected chi connectivity index (χ2v) is 12.3. The van der Waals surface area contributed by atoms with Crippen molar-refractivity contribution in [3.8, 4) is 11.5 Å². The maximum absolute atomic E-state index is 14.6. The molecular weight excluding hydrogens is 552 g/mol. The van der Waals surface area contributed by atoms with Crippen LogP contribution in [0.15, 0.2) is 66.8 Å². The topological polar surface area (TPSA) is 77.1 Å². The Hall–Kier alpha value is -3.58. The van der Waals surface area contributed by atoms with E-state index in [1.807, 2.05) is 31.2 Å². The van der Waals surface area contributed by atoms with Crippen molar-refractivity contribution in [1.29, 1.82) is 0 Å². The lowest BCUT2D eigenvalue weighted by molar-refractivity contribution is -0.137. The average molecular weight is 603 g/mol. The van der Waals surface area contributed by atoms with Crippen molar-refractivity contribution in [2.75, 3.05) is 26.9 Å². The zero-order chi connectivity index (χ0) is 31.5. The molecule has 2 aromatic carbocycles. The molecule has 2 aromatic rings. The van der Waals surface area contributed by atoms with E-state index in [2.05, 4.69) is 60.5 Å². The summed E-state index contributed by atoms with van der Waals surface area (Å²) >= 11 is 0. The number of ether oxygens (including phenoxy) is 3. The first kappa shape index (κ1) is 33.3. The summed E-state index contributed by atoms with van der Waals surface area (Å²) in [6.07, 6.45) is 14.4. The molecule has 2 aliphatic rings. The van der Waals surface area contributed by atoms with Crippen molar-refractivity contribution in [2.24, 2.45) is 11.3 Å². The summed E-state index contributed by atoms with van der Waals surface area (Å²) in [4.78, 5) is 29.3. The smallest absolute Gasteiger partial charge is 0.341 e. The van der Waals surface area contributed by atoms with E-state index in [4.69, 9.17) is 14.2 Å². The van der Waals surface area contributed by atoms with Crippen LogP contribution in [0.25, 0.3) is 0 Å². The number of nitrogens with one attached hydrogen (secondary N) is 1. The van der Waals surface area contributed by atoms with Crippen molar-refractivity contribution in [3.05, 3.63) is 83.5 Å². The monoisotopic (exact) mass is 602 g/mol. The van der Waals surface area contributed by atoms with Gasteiger partial charge in [0.05, 0.1) is 26.7 Å². The molecule has 0 aromatic heterocycles. The molecule has 1 fully saturated rings. The Kier molecular flexibility index (Phi) is 12.1. The number of rotatable bonds is 14. The minimum atomic E-state index is -0.425. The number of allylic oxidation sites excluding steroid dienone is 3. The van der Waals surface area contributed by atoms with Gasteiger partial charge in [0.1, 0.15) is 17.1 Å². The maximum atomic E-state index is 14.6. The number of esters is 1. The first-order valence-corrected chi connectivity index (χ1v) is 16.2. The van der Waals surface area contributed by atoms with Crippen LogP contribution in [-0.4, -0.2) is 55.7 Å².